The molecule has 0 radical (unpaired) electrons. The van der Waals surface area contributed by atoms with E-state index in [2.05, 4.69) is 10.5 Å². The summed E-state index contributed by atoms with van der Waals surface area (Å²) >= 11 is 1.46. The van der Waals surface area contributed by atoms with Crippen molar-refractivity contribution in [3.63, 3.8) is 0 Å². The van der Waals surface area contributed by atoms with Crippen molar-refractivity contribution in [2.45, 2.75) is 18.9 Å². The molecule has 0 bridgehead atoms. The average Bonchev–Trinajstić information content (AvgIpc) is 3.16. The molecular formula is C16H16N2O3S. The number of thiophene rings is 1. The molecule has 1 unspecified atom stereocenters. The molecule has 3 aromatic rings. The van der Waals surface area contributed by atoms with Gasteiger partial charge >= 0.3 is 0 Å². The number of amides is 1. The lowest BCUT2D eigenvalue weighted by Gasteiger charge is -2.22. The highest BCUT2D eigenvalue weighted by molar-refractivity contribution is 7.10. The molecule has 0 saturated carbocycles. The lowest BCUT2D eigenvalue weighted by Crippen LogP contribution is -2.38. The summed E-state index contributed by atoms with van der Waals surface area (Å²) in [6, 6.07) is 11.1. The second-order valence-electron chi connectivity index (χ2n) is 5.33. The Bertz CT molecular complexity index is 778. The number of aliphatic hydroxyl groups is 1. The molecular weight excluding hydrogens is 300 g/mol. The van der Waals surface area contributed by atoms with E-state index >= 15 is 0 Å². The number of carbonyl (C=O) groups is 1. The molecule has 0 aliphatic carbocycles. The number of benzene rings is 1. The Balaban J connectivity index is 1.63. The third-order valence-corrected chi connectivity index (χ3v) is 4.58. The van der Waals surface area contributed by atoms with Crippen molar-refractivity contribution in [1.29, 1.82) is 0 Å². The summed E-state index contributed by atoms with van der Waals surface area (Å²) in [4.78, 5) is 12.9. The first-order valence-corrected chi connectivity index (χ1v) is 7.80. The number of aromatic nitrogens is 1. The van der Waals surface area contributed by atoms with Crippen molar-refractivity contribution in [3.8, 4) is 0 Å². The minimum Gasteiger partial charge on any atom is -0.383 e. The topological polar surface area (TPSA) is 75.4 Å². The van der Waals surface area contributed by atoms with Gasteiger partial charge in [-0.3, -0.25) is 4.79 Å². The van der Waals surface area contributed by atoms with Crippen molar-refractivity contribution in [3.05, 3.63) is 52.3 Å². The van der Waals surface area contributed by atoms with Crippen LogP contribution in [-0.2, 0) is 16.8 Å². The molecule has 3 rings (SSSR count). The van der Waals surface area contributed by atoms with Crippen molar-refractivity contribution in [2.24, 2.45) is 0 Å². The Labute approximate surface area is 131 Å². The molecule has 5 nitrogen and oxygen atoms in total. The summed E-state index contributed by atoms with van der Waals surface area (Å²) in [5, 5.41) is 19.8. The average molecular weight is 316 g/mol. The fourth-order valence-electron chi connectivity index (χ4n) is 2.22. The number of hydrogen-bond donors (Lipinski definition) is 2. The normalized spacial score (nSPS) is 13.9. The zero-order valence-electron chi connectivity index (χ0n) is 12.1. The maximum atomic E-state index is 12.1. The van der Waals surface area contributed by atoms with Crippen LogP contribution in [0, 0.1) is 0 Å². The minimum atomic E-state index is -1.07. The smallest absolute Gasteiger partial charge is 0.226 e. The molecule has 1 amide bonds. The van der Waals surface area contributed by atoms with Crippen molar-refractivity contribution in [2.75, 3.05) is 6.54 Å². The number of hydrogen-bond acceptors (Lipinski definition) is 5. The number of fused-ring (bicyclic) bond motifs is 1. The number of carbonyl (C=O) groups excluding carboxylic acids is 1. The van der Waals surface area contributed by atoms with E-state index in [0.717, 1.165) is 10.3 Å². The number of rotatable bonds is 5. The van der Waals surface area contributed by atoms with Crippen LogP contribution in [0.1, 0.15) is 17.5 Å². The predicted octanol–water partition coefficient (Wildman–Crippen LogP) is 2.46. The molecule has 22 heavy (non-hydrogen) atoms. The largest absolute Gasteiger partial charge is 0.383 e. The molecule has 0 fully saturated rings. The second kappa shape index (κ2) is 5.90. The molecule has 2 aromatic heterocycles. The van der Waals surface area contributed by atoms with Gasteiger partial charge in [-0.2, -0.15) is 0 Å². The van der Waals surface area contributed by atoms with E-state index in [4.69, 9.17) is 4.52 Å². The highest BCUT2D eigenvalue weighted by Gasteiger charge is 2.25. The van der Waals surface area contributed by atoms with Gasteiger partial charge in [-0.1, -0.05) is 23.4 Å². The van der Waals surface area contributed by atoms with E-state index in [1.165, 1.54) is 11.3 Å². The van der Waals surface area contributed by atoms with E-state index in [1.54, 1.807) is 6.92 Å². The molecule has 1 atom stereocenters. The predicted molar refractivity (Wildman–Crippen MR) is 84.6 cm³/mol. The van der Waals surface area contributed by atoms with Crippen LogP contribution in [0.3, 0.4) is 0 Å². The lowest BCUT2D eigenvalue weighted by atomic mass is 10.1. The number of nitrogens with one attached hydrogen (secondary N) is 1. The Morgan fingerprint density at radius 3 is 2.95 bits per heavy atom. The quantitative estimate of drug-likeness (QED) is 0.758. The van der Waals surface area contributed by atoms with Crippen molar-refractivity contribution >= 4 is 28.2 Å². The van der Waals surface area contributed by atoms with Gasteiger partial charge in [-0.15, -0.1) is 11.3 Å². The van der Waals surface area contributed by atoms with E-state index in [1.807, 2.05) is 41.8 Å². The van der Waals surface area contributed by atoms with Crippen LogP contribution in [0.25, 0.3) is 11.0 Å². The van der Waals surface area contributed by atoms with Crippen LogP contribution < -0.4 is 5.32 Å². The SMILES string of the molecule is CC(O)(CNC(=O)Cc1noc2ccccc12)c1cccs1. The van der Waals surface area contributed by atoms with Crippen LogP contribution in [0.15, 0.2) is 46.3 Å². The molecule has 0 saturated heterocycles. The lowest BCUT2D eigenvalue weighted by molar-refractivity contribution is -0.121. The van der Waals surface area contributed by atoms with E-state index < -0.39 is 5.60 Å². The van der Waals surface area contributed by atoms with Crippen LogP contribution in [-0.4, -0.2) is 22.7 Å². The van der Waals surface area contributed by atoms with E-state index in [9.17, 15) is 9.90 Å². The van der Waals surface area contributed by atoms with Gasteiger partial charge in [0.25, 0.3) is 0 Å². The minimum absolute atomic E-state index is 0.123. The third kappa shape index (κ3) is 3.03. The van der Waals surface area contributed by atoms with Gasteiger partial charge in [0, 0.05) is 10.3 Å². The molecule has 1 aromatic carbocycles. The zero-order chi connectivity index (χ0) is 15.6. The monoisotopic (exact) mass is 316 g/mol. The van der Waals surface area contributed by atoms with Gasteiger partial charge in [-0.25, -0.2) is 0 Å². The summed E-state index contributed by atoms with van der Waals surface area (Å²) in [6.07, 6.45) is 0.123. The summed E-state index contributed by atoms with van der Waals surface area (Å²) in [5.41, 5.74) is 0.190. The fraction of sp³-hybridized carbons (Fsp3) is 0.250. The molecule has 0 spiro atoms. The Morgan fingerprint density at radius 2 is 2.18 bits per heavy atom. The Morgan fingerprint density at radius 1 is 1.36 bits per heavy atom. The van der Waals surface area contributed by atoms with Gasteiger partial charge in [0.2, 0.25) is 5.91 Å². The highest BCUT2D eigenvalue weighted by Crippen LogP contribution is 2.24. The Hall–Kier alpha value is -2.18. The number of para-hydroxylation sites is 1. The Kier molecular flexibility index (Phi) is 3.96. The van der Waals surface area contributed by atoms with Crippen LogP contribution >= 0.6 is 11.3 Å². The summed E-state index contributed by atoms with van der Waals surface area (Å²) in [6.45, 7) is 1.84. The molecule has 2 heterocycles. The first kappa shape index (κ1) is 14.7. The fourth-order valence-corrected chi connectivity index (χ4v) is 3.01. The second-order valence-corrected chi connectivity index (χ2v) is 6.28. The van der Waals surface area contributed by atoms with Crippen LogP contribution in [0.4, 0.5) is 0 Å². The van der Waals surface area contributed by atoms with Crippen LogP contribution in [0.5, 0.6) is 0 Å². The van der Waals surface area contributed by atoms with Gasteiger partial charge in [0.1, 0.15) is 11.3 Å². The van der Waals surface area contributed by atoms with E-state index in [0.29, 0.717) is 11.3 Å². The first-order chi connectivity index (χ1) is 10.6. The summed E-state index contributed by atoms with van der Waals surface area (Å²) in [7, 11) is 0. The molecule has 0 aliphatic rings. The van der Waals surface area contributed by atoms with Gasteiger partial charge in [-0.05, 0) is 30.5 Å². The zero-order valence-corrected chi connectivity index (χ0v) is 12.9. The highest BCUT2D eigenvalue weighted by atomic mass is 32.1. The maximum Gasteiger partial charge on any atom is 0.226 e. The van der Waals surface area contributed by atoms with Gasteiger partial charge < -0.3 is 14.9 Å². The summed E-state index contributed by atoms with van der Waals surface area (Å²) < 4.78 is 5.18. The van der Waals surface area contributed by atoms with Gasteiger partial charge in [0.15, 0.2) is 5.58 Å². The van der Waals surface area contributed by atoms with Crippen molar-refractivity contribution in [1.82, 2.24) is 10.5 Å². The molecule has 0 aliphatic heterocycles. The van der Waals surface area contributed by atoms with Gasteiger partial charge in [0.05, 0.1) is 13.0 Å². The molecule has 114 valence electrons. The number of nitrogens with zero attached hydrogens (tertiary/aromatic N) is 1. The summed E-state index contributed by atoms with van der Waals surface area (Å²) in [5.74, 6) is -0.198. The standard InChI is InChI=1S/C16H16N2O3S/c1-16(20,14-7-4-8-22-14)10-17-15(19)9-12-11-5-2-3-6-13(11)21-18-12/h2-8,20H,9-10H2,1H3,(H,17,19). The van der Waals surface area contributed by atoms with Crippen molar-refractivity contribution < 1.29 is 14.4 Å². The molecule has 6 heteroatoms. The van der Waals surface area contributed by atoms with E-state index in [-0.39, 0.29) is 18.9 Å². The van der Waals surface area contributed by atoms with Crippen LogP contribution in [0.2, 0.25) is 0 Å². The first-order valence-electron chi connectivity index (χ1n) is 6.92. The molecule has 2 N–H and O–H groups in total. The maximum absolute atomic E-state index is 12.1. The third-order valence-electron chi connectivity index (χ3n) is 3.46.